The second kappa shape index (κ2) is 4.18. The molecule has 0 rings (SSSR count). The first-order valence-electron chi connectivity index (χ1n) is 3.40. The minimum atomic E-state index is -4.25. The predicted octanol–water partition coefficient (Wildman–Crippen LogP) is 1.11. The Kier molecular flexibility index (Phi) is 3.85. The highest BCUT2D eigenvalue weighted by Gasteiger charge is 2.35. The van der Waals surface area contributed by atoms with Gasteiger partial charge in [0.1, 0.15) is 0 Å². The van der Waals surface area contributed by atoms with Crippen molar-refractivity contribution in [3.8, 4) is 0 Å². The van der Waals surface area contributed by atoms with Crippen LogP contribution in [0.25, 0.3) is 0 Å². The van der Waals surface area contributed by atoms with Crippen molar-refractivity contribution in [2.45, 2.75) is 13.1 Å². The highest BCUT2D eigenvalue weighted by Crippen LogP contribution is 2.24. The van der Waals surface area contributed by atoms with Crippen LogP contribution in [0, 0.1) is 5.92 Å². The minimum absolute atomic E-state index is 0.400. The van der Waals surface area contributed by atoms with E-state index in [4.69, 9.17) is 0 Å². The minimum Gasteiger partial charge on any atom is -0.341 e. The Hall–Kier alpha value is -0.940. The quantitative estimate of drug-likeness (QED) is 0.663. The van der Waals surface area contributed by atoms with Gasteiger partial charge in [-0.05, 0) is 0 Å². The van der Waals surface area contributed by atoms with E-state index in [1.54, 1.807) is 0 Å². The van der Waals surface area contributed by atoms with Gasteiger partial charge in [0, 0.05) is 13.6 Å². The van der Waals surface area contributed by atoms with Crippen molar-refractivity contribution in [2.75, 3.05) is 13.6 Å². The van der Waals surface area contributed by atoms with E-state index in [0.29, 0.717) is 0 Å². The molecule has 1 atom stereocenters. The predicted molar refractivity (Wildman–Crippen MR) is 37.7 cm³/mol. The molecule has 2 N–H and O–H groups in total. The Morgan fingerprint density at radius 2 is 2.00 bits per heavy atom. The van der Waals surface area contributed by atoms with E-state index in [9.17, 15) is 18.0 Å². The summed E-state index contributed by atoms with van der Waals surface area (Å²) in [5, 5.41) is 4.22. The molecule has 0 saturated heterocycles. The van der Waals surface area contributed by atoms with E-state index < -0.39 is 24.7 Å². The lowest BCUT2D eigenvalue weighted by atomic mass is 10.2. The molecule has 0 aliphatic carbocycles. The molecule has 72 valence electrons. The number of urea groups is 1. The normalized spacial score (nSPS) is 13.8. The summed E-state index contributed by atoms with van der Waals surface area (Å²) in [6, 6.07) is -0.605. The van der Waals surface area contributed by atoms with Crippen molar-refractivity contribution >= 4 is 6.03 Å². The fourth-order valence-corrected chi connectivity index (χ4v) is 0.450. The number of nitrogens with one attached hydrogen (secondary N) is 2. The van der Waals surface area contributed by atoms with Gasteiger partial charge in [-0.15, -0.1) is 0 Å². The van der Waals surface area contributed by atoms with Crippen molar-refractivity contribution < 1.29 is 18.0 Å². The average molecular weight is 184 g/mol. The zero-order chi connectivity index (χ0) is 9.78. The molecular weight excluding hydrogens is 173 g/mol. The fraction of sp³-hybridized carbons (Fsp3) is 0.833. The first-order valence-corrected chi connectivity index (χ1v) is 3.40. The molecule has 0 heterocycles. The summed E-state index contributed by atoms with van der Waals surface area (Å²) in [6.07, 6.45) is -4.25. The van der Waals surface area contributed by atoms with Gasteiger partial charge in [0.15, 0.2) is 0 Å². The van der Waals surface area contributed by atoms with Crippen LogP contribution < -0.4 is 10.6 Å². The van der Waals surface area contributed by atoms with Crippen LogP contribution in [0.1, 0.15) is 6.92 Å². The van der Waals surface area contributed by atoms with Crippen LogP contribution in [0.3, 0.4) is 0 Å². The van der Waals surface area contributed by atoms with Gasteiger partial charge in [-0.2, -0.15) is 13.2 Å². The molecule has 0 aromatic heterocycles. The molecule has 0 aliphatic heterocycles. The number of amides is 2. The number of hydrogen-bond donors (Lipinski definition) is 2. The van der Waals surface area contributed by atoms with E-state index >= 15 is 0 Å². The molecule has 0 aromatic rings. The standard InChI is InChI=1S/C6H11F3N2O/c1-4(6(7,8)9)3-11-5(12)10-2/h4H,3H2,1-2H3,(H2,10,11,12). The number of carbonyl (C=O) groups is 1. The van der Waals surface area contributed by atoms with Gasteiger partial charge in [0.05, 0.1) is 5.92 Å². The second-order valence-corrected chi connectivity index (χ2v) is 2.40. The first kappa shape index (κ1) is 11.1. The maximum Gasteiger partial charge on any atom is 0.393 e. The Morgan fingerprint density at radius 1 is 1.50 bits per heavy atom. The van der Waals surface area contributed by atoms with Crippen molar-refractivity contribution in [3.05, 3.63) is 0 Å². The lowest BCUT2D eigenvalue weighted by Gasteiger charge is -2.15. The van der Waals surface area contributed by atoms with Crippen LogP contribution in [0.4, 0.5) is 18.0 Å². The molecule has 0 aromatic carbocycles. The fourth-order valence-electron chi connectivity index (χ4n) is 0.450. The summed E-state index contributed by atoms with van der Waals surface area (Å²) in [6.45, 7) is 0.610. The molecule has 1 unspecified atom stereocenters. The zero-order valence-corrected chi connectivity index (χ0v) is 6.83. The summed E-state index contributed by atoms with van der Waals surface area (Å²) in [7, 11) is 1.34. The lowest BCUT2D eigenvalue weighted by molar-refractivity contribution is -0.167. The van der Waals surface area contributed by atoms with Gasteiger partial charge in [0.25, 0.3) is 0 Å². The number of halogens is 3. The molecule has 0 saturated carbocycles. The van der Waals surface area contributed by atoms with Gasteiger partial charge >= 0.3 is 12.2 Å². The topological polar surface area (TPSA) is 41.1 Å². The highest BCUT2D eigenvalue weighted by molar-refractivity contribution is 5.73. The van der Waals surface area contributed by atoms with E-state index in [2.05, 4.69) is 10.6 Å². The summed E-state index contributed by atoms with van der Waals surface area (Å²) in [4.78, 5) is 10.5. The third-order valence-electron chi connectivity index (χ3n) is 1.35. The van der Waals surface area contributed by atoms with Crippen LogP contribution in [0.2, 0.25) is 0 Å². The smallest absolute Gasteiger partial charge is 0.341 e. The molecule has 0 fully saturated rings. The van der Waals surface area contributed by atoms with Crippen LogP contribution >= 0.6 is 0 Å². The molecule has 6 heteroatoms. The molecule has 3 nitrogen and oxygen atoms in total. The van der Waals surface area contributed by atoms with Gasteiger partial charge < -0.3 is 10.6 Å². The number of alkyl halides is 3. The lowest BCUT2D eigenvalue weighted by Crippen LogP contribution is -2.39. The number of carbonyl (C=O) groups excluding carboxylic acids is 1. The van der Waals surface area contributed by atoms with Gasteiger partial charge in [-0.3, -0.25) is 0 Å². The molecular formula is C6H11F3N2O. The monoisotopic (exact) mass is 184 g/mol. The molecule has 0 bridgehead atoms. The van der Waals surface area contributed by atoms with Crippen molar-refractivity contribution in [2.24, 2.45) is 5.92 Å². The number of hydrogen-bond acceptors (Lipinski definition) is 1. The maximum absolute atomic E-state index is 11.8. The second-order valence-electron chi connectivity index (χ2n) is 2.40. The highest BCUT2D eigenvalue weighted by atomic mass is 19.4. The third kappa shape index (κ3) is 4.05. The molecule has 0 radical (unpaired) electrons. The van der Waals surface area contributed by atoms with Gasteiger partial charge in [0.2, 0.25) is 0 Å². The first-order chi connectivity index (χ1) is 5.38. The summed E-state index contributed by atoms with van der Waals surface area (Å²) in [5.41, 5.74) is 0. The Morgan fingerprint density at radius 3 is 2.33 bits per heavy atom. The van der Waals surface area contributed by atoms with E-state index in [-0.39, 0.29) is 0 Å². The van der Waals surface area contributed by atoms with E-state index in [1.165, 1.54) is 7.05 Å². The maximum atomic E-state index is 11.8. The van der Waals surface area contributed by atoms with Crippen LogP contribution in [-0.2, 0) is 0 Å². The molecule has 2 amide bonds. The Balaban J connectivity index is 3.72. The Labute approximate surface area is 68.3 Å². The van der Waals surface area contributed by atoms with Crippen LogP contribution in [-0.4, -0.2) is 25.8 Å². The van der Waals surface area contributed by atoms with Crippen molar-refractivity contribution in [3.63, 3.8) is 0 Å². The molecule has 12 heavy (non-hydrogen) atoms. The van der Waals surface area contributed by atoms with Crippen LogP contribution in [0.15, 0.2) is 0 Å². The van der Waals surface area contributed by atoms with E-state index in [1.807, 2.05) is 0 Å². The average Bonchev–Trinajstić information content (AvgIpc) is 1.97. The SMILES string of the molecule is CNC(=O)NCC(C)C(F)(F)F. The molecule has 0 aliphatic rings. The third-order valence-corrected chi connectivity index (χ3v) is 1.35. The zero-order valence-electron chi connectivity index (χ0n) is 6.83. The van der Waals surface area contributed by atoms with Gasteiger partial charge in [-0.1, -0.05) is 6.92 Å². The van der Waals surface area contributed by atoms with Gasteiger partial charge in [-0.25, -0.2) is 4.79 Å². The number of rotatable bonds is 2. The largest absolute Gasteiger partial charge is 0.393 e. The van der Waals surface area contributed by atoms with Crippen LogP contribution in [0.5, 0.6) is 0 Å². The van der Waals surface area contributed by atoms with Crippen molar-refractivity contribution in [1.82, 2.24) is 10.6 Å². The summed E-state index contributed by atoms with van der Waals surface area (Å²) >= 11 is 0. The Bertz CT molecular complexity index is 157. The van der Waals surface area contributed by atoms with E-state index in [0.717, 1.165) is 6.92 Å². The summed E-state index contributed by atoms with van der Waals surface area (Å²) in [5.74, 6) is -1.52. The van der Waals surface area contributed by atoms with Crippen molar-refractivity contribution in [1.29, 1.82) is 0 Å². The molecule has 0 spiro atoms. The summed E-state index contributed by atoms with van der Waals surface area (Å²) < 4.78 is 35.5.